The Kier molecular flexibility index (Phi) is 5.51. The van der Waals surface area contributed by atoms with Gasteiger partial charge in [0, 0.05) is 10.5 Å². The molecule has 1 aliphatic carbocycles. The Balaban J connectivity index is 2.08. The van der Waals surface area contributed by atoms with Gasteiger partial charge in [-0.1, -0.05) is 40.9 Å². The standard InChI is InChI=1S/C14H19BrClNO2S/c1-2-10-3-6-12(7-4-10)17-20(18,19)14-8-5-11(15)9-13(14)16/h5,8-10,12,17H,2-4,6-7H2,1H3. The fraction of sp³-hybridized carbons (Fsp3) is 0.571. The van der Waals surface area contributed by atoms with E-state index >= 15 is 0 Å². The van der Waals surface area contributed by atoms with E-state index in [-0.39, 0.29) is 16.0 Å². The molecule has 3 nitrogen and oxygen atoms in total. The summed E-state index contributed by atoms with van der Waals surface area (Å²) in [6, 6.07) is 4.85. The summed E-state index contributed by atoms with van der Waals surface area (Å²) in [5.41, 5.74) is 0. The second-order valence-electron chi connectivity index (χ2n) is 5.32. The van der Waals surface area contributed by atoms with Crippen molar-refractivity contribution in [2.24, 2.45) is 5.92 Å². The first-order valence-electron chi connectivity index (χ1n) is 6.89. The number of rotatable bonds is 4. The third kappa shape index (κ3) is 3.97. The molecule has 0 spiro atoms. The van der Waals surface area contributed by atoms with Gasteiger partial charge in [0.1, 0.15) is 4.90 Å². The van der Waals surface area contributed by atoms with E-state index in [0.717, 1.165) is 36.1 Å². The van der Waals surface area contributed by atoms with Crippen molar-refractivity contribution in [3.05, 3.63) is 27.7 Å². The molecule has 1 fully saturated rings. The van der Waals surface area contributed by atoms with Crippen LogP contribution in [0.2, 0.25) is 5.02 Å². The first kappa shape index (κ1) is 16.3. The highest BCUT2D eigenvalue weighted by Crippen LogP contribution is 2.29. The van der Waals surface area contributed by atoms with Crippen LogP contribution in [-0.4, -0.2) is 14.5 Å². The molecular weight excluding hydrogens is 362 g/mol. The van der Waals surface area contributed by atoms with Crippen LogP contribution in [-0.2, 0) is 10.0 Å². The monoisotopic (exact) mass is 379 g/mol. The van der Waals surface area contributed by atoms with Gasteiger partial charge in [-0.05, 0) is 49.8 Å². The summed E-state index contributed by atoms with van der Waals surface area (Å²) in [5.74, 6) is 0.743. The molecule has 1 aromatic rings. The lowest BCUT2D eigenvalue weighted by atomic mass is 9.85. The quantitative estimate of drug-likeness (QED) is 0.844. The number of hydrogen-bond acceptors (Lipinski definition) is 2. The summed E-state index contributed by atoms with van der Waals surface area (Å²) in [6.45, 7) is 2.19. The average Bonchev–Trinajstić information content (AvgIpc) is 2.38. The number of halogens is 2. The maximum Gasteiger partial charge on any atom is 0.242 e. The lowest BCUT2D eigenvalue weighted by Gasteiger charge is -2.28. The van der Waals surface area contributed by atoms with E-state index in [0.29, 0.717) is 0 Å². The van der Waals surface area contributed by atoms with E-state index in [2.05, 4.69) is 27.6 Å². The predicted octanol–water partition coefficient (Wildman–Crippen LogP) is 4.35. The highest BCUT2D eigenvalue weighted by atomic mass is 79.9. The van der Waals surface area contributed by atoms with Crippen LogP contribution in [0.1, 0.15) is 39.0 Å². The molecule has 0 amide bonds. The number of nitrogens with one attached hydrogen (secondary N) is 1. The predicted molar refractivity (Wildman–Crippen MR) is 85.5 cm³/mol. The summed E-state index contributed by atoms with van der Waals surface area (Å²) in [6.07, 6.45) is 5.19. The molecular formula is C14H19BrClNO2S. The molecule has 0 bridgehead atoms. The first-order valence-corrected chi connectivity index (χ1v) is 9.55. The zero-order valence-corrected chi connectivity index (χ0v) is 14.6. The first-order chi connectivity index (χ1) is 9.42. The number of sulfonamides is 1. The van der Waals surface area contributed by atoms with Gasteiger partial charge in [-0.3, -0.25) is 0 Å². The van der Waals surface area contributed by atoms with Crippen LogP contribution in [0, 0.1) is 5.92 Å². The van der Waals surface area contributed by atoms with Crippen molar-refractivity contribution in [1.29, 1.82) is 0 Å². The molecule has 2 rings (SSSR count). The van der Waals surface area contributed by atoms with E-state index in [9.17, 15) is 8.42 Å². The molecule has 0 saturated heterocycles. The van der Waals surface area contributed by atoms with Crippen LogP contribution in [0.15, 0.2) is 27.6 Å². The molecule has 1 aliphatic rings. The molecule has 0 aromatic heterocycles. The fourth-order valence-corrected chi connectivity index (χ4v) is 5.01. The van der Waals surface area contributed by atoms with Gasteiger partial charge in [0.2, 0.25) is 10.0 Å². The van der Waals surface area contributed by atoms with Crippen LogP contribution >= 0.6 is 27.5 Å². The normalized spacial score (nSPS) is 23.8. The Morgan fingerprint density at radius 2 is 1.95 bits per heavy atom. The third-order valence-corrected chi connectivity index (χ3v) is 6.43. The second kappa shape index (κ2) is 6.77. The molecule has 1 saturated carbocycles. The van der Waals surface area contributed by atoms with Crippen molar-refractivity contribution in [2.75, 3.05) is 0 Å². The fourth-order valence-electron chi connectivity index (χ4n) is 2.66. The smallest absolute Gasteiger partial charge is 0.208 e. The van der Waals surface area contributed by atoms with Gasteiger partial charge in [-0.25, -0.2) is 13.1 Å². The van der Waals surface area contributed by atoms with Gasteiger partial charge >= 0.3 is 0 Å². The topological polar surface area (TPSA) is 46.2 Å². The van der Waals surface area contributed by atoms with Crippen molar-refractivity contribution < 1.29 is 8.42 Å². The number of hydrogen-bond donors (Lipinski definition) is 1. The minimum atomic E-state index is -3.53. The Labute approximate surface area is 134 Å². The summed E-state index contributed by atoms with van der Waals surface area (Å²) in [4.78, 5) is 0.153. The molecule has 0 heterocycles. The van der Waals surface area contributed by atoms with E-state index < -0.39 is 10.0 Å². The van der Waals surface area contributed by atoms with Crippen molar-refractivity contribution >= 4 is 37.6 Å². The van der Waals surface area contributed by atoms with E-state index in [1.54, 1.807) is 12.1 Å². The Morgan fingerprint density at radius 3 is 2.50 bits per heavy atom. The van der Waals surface area contributed by atoms with Gasteiger partial charge < -0.3 is 0 Å². The largest absolute Gasteiger partial charge is 0.242 e. The lowest BCUT2D eigenvalue weighted by Crippen LogP contribution is -2.37. The molecule has 0 unspecified atom stereocenters. The van der Waals surface area contributed by atoms with Crippen molar-refractivity contribution in [2.45, 2.75) is 50.0 Å². The van der Waals surface area contributed by atoms with Crippen LogP contribution in [0.3, 0.4) is 0 Å². The minimum Gasteiger partial charge on any atom is -0.208 e. The van der Waals surface area contributed by atoms with Gasteiger partial charge in [0.25, 0.3) is 0 Å². The summed E-state index contributed by atoms with van der Waals surface area (Å²) in [7, 11) is -3.53. The van der Waals surface area contributed by atoms with Gasteiger partial charge in [-0.15, -0.1) is 0 Å². The second-order valence-corrected chi connectivity index (χ2v) is 8.33. The van der Waals surface area contributed by atoms with Crippen LogP contribution < -0.4 is 4.72 Å². The minimum absolute atomic E-state index is 0.0301. The molecule has 112 valence electrons. The summed E-state index contributed by atoms with van der Waals surface area (Å²) in [5, 5.41) is 0.245. The molecule has 0 aliphatic heterocycles. The van der Waals surface area contributed by atoms with Gasteiger partial charge in [0.05, 0.1) is 5.02 Å². The van der Waals surface area contributed by atoms with Crippen LogP contribution in [0.4, 0.5) is 0 Å². The molecule has 1 aromatic carbocycles. The SMILES string of the molecule is CCC1CCC(NS(=O)(=O)c2ccc(Br)cc2Cl)CC1. The zero-order valence-electron chi connectivity index (χ0n) is 11.4. The lowest BCUT2D eigenvalue weighted by molar-refractivity contribution is 0.306. The van der Waals surface area contributed by atoms with E-state index in [1.807, 2.05) is 0 Å². The maximum absolute atomic E-state index is 12.4. The van der Waals surface area contributed by atoms with Crippen molar-refractivity contribution in [3.63, 3.8) is 0 Å². The summed E-state index contributed by atoms with van der Waals surface area (Å²) < 4.78 is 28.3. The molecule has 20 heavy (non-hydrogen) atoms. The zero-order chi connectivity index (χ0) is 14.8. The Bertz CT molecular complexity index is 569. The maximum atomic E-state index is 12.4. The van der Waals surface area contributed by atoms with Crippen molar-refractivity contribution in [3.8, 4) is 0 Å². The average molecular weight is 381 g/mol. The highest BCUT2D eigenvalue weighted by molar-refractivity contribution is 9.10. The van der Waals surface area contributed by atoms with Crippen LogP contribution in [0.25, 0.3) is 0 Å². The third-order valence-electron chi connectivity index (χ3n) is 3.93. The van der Waals surface area contributed by atoms with Gasteiger partial charge in [0.15, 0.2) is 0 Å². The van der Waals surface area contributed by atoms with Crippen molar-refractivity contribution in [1.82, 2.24) is 4.72 Å². The molecule has 6 heteroatoms. The Hall–Kier alpha value is -0.100. The molecule has 0 radical (unpaired) electrons. The van der Waals surface area contributed by atoms with Crippen LogP contribution in [0.5, 0.6) is 0 Å². The van der Waals surface area contributed by atoms with E-state index in [1.165, 1.54) is 12.5 Å². The highest BCUT2D eigenvalue weighted by Gasteiger charge is 2.26. The van der Waals surface area contributed by atoms with Gasteiger partial charge in [-0.2, -0.15) is 0 Å². The summed E-state index contributed by atoms with van der Waals surface area (Å²) >= 11 is 9.30. The molecule has 1 N–H and O–H groups in total. The number of benzene rings is 1. The molecule has 0 atom stereocenters. The van der Waals surface area contributed by atoms with E-state index in [4.69, 9.17) is 11.6 Å². The Morgan fingerprint density at radius 1 is 1.30 bits per heavy atom.